The Morgan fingerprint density at radius 3 is 2.76 bits per heavy atom. The van der Waals surface area contributed by atoms with Gasteiger partial charge < -0.3 is 30.2 Å². The number of carbonyl (C=O) groups excluding carboxylic acids is 1. The summed E-state index contributed by atoms with van der Waals surface area (Å²) in [6.07, 6.45) is 8.33. The number of aromatic nitrogens is 3. The molecule has 0 radical (unpaired) electrons. The molecule has 4 heterocycles. The van der Waals surface area contributed by atoms with Crippen molar-refractivity contribution in [3.63, 3.8) is 0 Å². The van der Waals surface area contributed by atoms with Gasteiger partial charge in [-0.05, 0) is 51.6 Å². The van der Waals surface area contributed by atoms with Gasteiger partial charge in [0.1, 0.15) is 18.4 Å². The minimum Gasteiger partial charge on any atom is -0.380 e. The summed E-state index contributed by atoms with van der Waals surface area (Å²) in [4.78, 5) is 21.2. The summed E-state index contributed by atoms with van der Waals surface area (Å²) >= 11 is 6.28. The van der Waals surface area contributed by atoms with Crippen molar-refractivity contribution >= 4 is 30.0 Å². The van der Waals surface area contributed by atoms with Crippen LogP contribution in [0.5, 0.6) is 0 Å². The first-order valence-corrected chi connectivity index (χ1v) is 12.0. The molecule has 0 saturated carbocycles. The fourth-order valence-electron chi connectivity index (χ4n) is 3.80. The van der Waals surface area contributed by atoms with Gasteiger partial charge in [0, 0.05) is 45.1 Å². The van der Waals surface area contributed by atoms with Crippen LogP contribution in [0.25, 0.3) is 11.3 Å². The van der Waals surface area contributed by atoms with Gasteiger partial charge in [-0.2, -0.15) is 0 Å². The Balaban J connectivity index is 0.000000384. The average molecular weight is 493 g/mol. The molecule has 1 atom stereocenters. The molecule has 2 saturated heterocycles. The molecule has 188 valence electrons. The second kappa shape index (κ2) is 14.8. The SMILES string of the molecule is C1CNCCOC1.C=O.CNc1cc(-c2cncc(NCC3CCOC(C)(C)C3)n2)c(Cl)cn1. The fourth-order valence-corrected chi connectivity index (χ4v) is 4.00. The highest BCUT2D eigenvalue weighted by Gasteiger charge is 2.28. The normalized spacial score (nSPS) is 19.4. The Morgan fingerprint density at radius 1 is 1.18 bits per heavy atom. The van der Waals surface area contributed by atoms with Crippen LogP contribution in [-0.4, -0.2) is 73.8 Å². The molecule has 34 heavy (non-hydrogen) atoms. The number of carbonyl (C=O) groups is 1. The van der Waals surface area contributed by atoms with Crippen molar-refractivity contribution in [2.24, 2.45) is 5.92 Å². The Bertz CT molecular complexity index is 851. The number of nitrogens with one attached hydrogen (secondary N) is 3. The monoisotopic (exact) mass is 492 g/mol. The largest absolute Gasteiger partial charge is 0.380 e. The summed E-state index contributed by atoms with van der Waals surface area (Å²) in [6, 6.07) is 1.87. The van der Waals surface area contributed by atoms with Crippen LogP contribution in [0.4, 0.5) is 11.6 Å². The topological polar surface area (TPSA) is 110 Å². The summed E-state index contributed by atoms with van der Waals surface area (Å²) in [5.74, 6) is 2.05. The molecule has 3 N–H and O–H groups in total. The van der Waals surface area contributed by atoms with Crippen LogP contribution in [0.3, 0.4) is 0 Å². The first kappa shape index (κ1) is 27.9. The maximum atomic E-state index is 8.00. The molecular formula is C24H37ClN6O3. The molecule has 4 rings (SSSR count). The molecule has 0 spiro atoms. The molecule has 1 unspecified atom stereocenters. The van der Waals surface area contributed by atoms with E-state index in [0.29, 0.717) is 10.9 Å². The van der Waals surface area contributed by atoms with Gasteiger partial charge in [-0.15, -0.1) is 0 Å². The maximum absolute atomic E-state index is 8.00. The number of rotatable bonds is 5. The minimum absolute atomic E-state index is 0.0494. The number of halogens is 1. The Morgan fingerprint density at radius 2 is 2.00 bits per heavy atom. The van der Waals surface area contributed by atoms with Crippen molar-refractivity contribution in [1.29, 1.82) is 0 Å². The maximum Gasteiger partial charge on any atom is 0.145 e. The van der Waals surface area contributed by atoms with Gasteiger partial charge in [0.15, 0.2) is 0 Å². The van der Waals surface area contributed by atoms with Crippen LogP contribution >= 0.6 is 11.6 Å². The number of nitrogens with zero attached hydrogens (tertiary/aromatic N) is 3. The highest BCUT2D eigenvalue weighted by atomic mass is 35.5. The van der Waals surface area contributed by atoms with Crippen LogP contribution < -0.4 is 16.0 Å². The number of hydrogen-bond donors (Lipinski definition) is 3. The lowest BCUT2D eigenvalue weighted by molar-refractivity contribution is -0.0980. The zero-order valence-electron chi connectivity index (χ0n) is 20.4. The lowest BCUT2D eigenvalue weighted by Gasteiger charge is -2.35. The van der Waals surface area contributed by atoms with E-state index in [1.807, 2.05) is 19.9 Å². The minimum atomic E-state index is -0.0494. The number of anilines is 2. The lowest BCUT2D eigenvalue weighted by atomic mass is 9.88. The smallest absolute Gasteiger partial charge is 0.145 e. The van der Waals surface area contributed by atoms with E-state index in [-0.39, 0.29) is 5.60 Å². The molecule has 2 aromatic rings. The van der Waals surface area contributed by atoms with Crippen molar-refractivity contribution in [3.8, 4) is 11.3 Å². The van der Waals surface area contributed by atoms with Gasteiger partial charge in [0.25, 0.3) is 0 Å². The van der Waals surface area contributed by atoms with Crippen molar-refractivity contribution in [3.05, 3.63) is 29.7 Å². The zero-order valence-corrected chi connectivity index (χ0v) is 21.2. The van der Waals surface area contributed by atoms with Crippen LogP contribution in [0.1, 0.15) is 33.1 Å². The summed E-state index contributed by atoms with van der Waals surface area (Å²) in [6.45, 7) is 11.9. The molecule has 10 heteroatoms. The van der Waals surface area contributed by atoms with E-state index in [1.165, 1.54) is 6.42 Å². The second-order valence-corrected chi connectivity index (χ2v) is 9.06. The van der Waals surface area contributed by atoms with E-state index >= 15 is 0 Å². The predicted octanol–water partition coefficient (Wildman–Crippen LogP) is 3.66. The van der Waals surface area contributed by atoms with E-state index in [0.717, 1.165) is 75.2 Å². The van der Waals surface area contributed by atoms with Gasteiger partial charge >= 0.3 is 0 Å². The van der Waals surface area contributed by atoms with Gasteiger partial charge in [0.05, 0.1) is 35.3 Å². The summed E-state index contributed by atoms with van der Waals surface area (Å²) in [5, 5.41) is 10.2. The van der Waals surface area contributed by atoms with E-state index in [1.54, 1.807) is 18.6 Å². The third-order valence-electron chi connectivity index (χ3n) is 5.46. The average Bonchev–Trinajstić information content (AvgIpc) is 3.18. The van der Waals surface area contributed by atoms with E-state index < -0.39 is 0 Å². The van der Waals surface area contributed by atoms with Crippen LogP contribution in [0, 0.1) is 5.92 Å². The fraction of sp³-hybridized carbons (Fsp3) is 0.583. The van der Waals surface area contributed by atoms with Crippen molar-refractivity contribution < 1.29 is 14.3 Å². The molecule has 2 aliphatic heterocycles. The van der Waals surface area contributed by atoms with E-state index in [2.05, 4.69) is 44.7 Å². The Hall–Kier alpha value is -2.33. The summed E-state index contributed by atoms with van der Waals surface area (Å²) < 4.78 is 10.9. The first-order valence-electron chi connectivity index (χ1n) is 11.6. The lowest BCUT2D eigenvalue weighted by Crippen LogP contribution is -2.36. The zero-order chi connectivity index (χ0) is 24.8. The summed E-state index contributed by atoms with van der Waals surface area (Å²) in [7, 11) is 1.82. The molecule has 2 aliphatic rings. The molecule has 0 aliphatic carbocycles. The molecule has 0 amide bonds. The van der Waals surface area contributed by atoms with Gasteiger partial charge in [-0.3, -0.25) is 4.98 Å². The van der Waals surface area contributed by atoms with Gasteiger partial charge in [-0.1, -0.05) is 11.6 Å². The van der Waals surface area contributed by atoms with E-state index in [9.17, 15) is 0 Å². The third-order valence-corrected chi connectivity index (χ3v) is 5.76. The van der Waals surface area contributed by atoms with Crippen molar-refractivity contribution in [2.45, 2.75) is 38.7 Å². The van der Waals surface area contributed by atoms with Crippen molar-refractivity contribution in [1.82, 2.24) is 20.3 Å². The number of hydrogen-bond acceptors (Lipinski definition) is 9. The third kappa shape index (κ3) is 9.50. The molecule has 0 aromatic carbocycles. The number of pyridine rings is 1. The van der Waals surface area contributed by atoms with Crippen LogP contribution in [0.2, 0.25) is 5.02 Å². The summed E-state index contributed by atoms with van der Waals surface area (Å²) in [5.41, 5.74) is 1.48. The van der Waals surface area contributed by atoms with Crippen LogP contribution in [0.15, 0.2) is 24.7 Å². The Kier molecular flexibility index (Phi) is 12.2. The molecule has 2 fully saturated rings. The van der Waals surface area contributed by atoms with Crippen LogP contribution in [-0.2, 0) is 14.3 Å². The quantitative estimate of drug-likeness (QED) is 0.575. The predicted molar refractivity (Wildman–Crippen MR) is 136 cm³/mol. The van der Waals surface area contributed by atoms with Gasteiger partial charge in [-0.25, -0.2) is 9.97 Å². The molecule has 2 aromatic heterocycles. The molecule has 0 bridgehead atoms. The first-order chi connectivity index (χ1) is 16.5. The Labute approximate surface area is 207 Å². The van der Waals surface area contributed by atoms with Gasteiger partial charge in [0.2, 0.25) is 0 Å². The number of ether oxygens (including phenoxy) is 2. The molecule has 9 nitrogen and oxygen atoms in total. The highest BCUT2D eigenvalue weighted by molar-refractivity contribution is 6.33. The molecular weight excluding hydrogens is 456 g/mol. The second-order valence-electron chi connectivity index (χ2n) is 8.65. The van der Waals surface area contributed by atoms with E-state index in [4.69, 9.17) is 25.9 Å². The van der Waals surface area contributed by atoms with Crippen molar-refractivity contribution in [2.75, 3.05) is 57.1 Å². The highest BCUT2D eigenvalue weighted by Crippen LogP contribution is 2.30. The standard InChI is InChI=1S/C18H24ClN5O.C5H11NO.CH2O/c1-18(2)7-12(4-5-25-18)8-22-17-11-21-10-15(24-17)13-6-16(20-3)23-9-14(13)19;1-2-6-3-5-7-4-1;1-2/h6,9-12H,4-5,7-8H2,1-3H3,(H,20,23)(H,22,24);6H,1-5H2;1H2.